The SMILES string of the molecule is CS[C@H]1O[C@@H](c2ccc(C)c(Cc3ccc(CCCC(=O)NC(C)(C)C(=O)NCCN(C)C)cc3)c2)[C@H](O)[C@@H](O)C1O. The maximum atomic E-state index is 12.5. The Morgan fingerprint density at radius 2 is 1.67 bits per heavy atom. The van der Waals surface area contributed by atoms with Crippen molar-refractivity contribution in [3.8, 4) is 0 Å². The van der Waals surface area contributed by atoms with E-state index in [9.17, 15) is 24.9 Å². The molecule has 3 rings (SSSR count). The van der Waals surface area contributed by atoms with Crippen molar-refractivity contribution in [1.82, 2.24) is 15.5 Å². The number of carbonyl (C=O) groups is 2. The van der Waals surface area contributed by atoms with Crippen LogP contribution in [0, 0.1) is 6.92 Å². The minimum atomic E-state index is -1.28. The minimum absolute atomic E-state index is 0.146. The number of aliphatic hydroxyl groups is 3. The number of benzene rings is 2. The second-order valence-corrected chi connectivity index (χ2v) is 12.8. The van der Waals surface area contributed by atoms with E-state index in [1.807, 2.05) is 44.1 Å². The molecule has 1 saturated heterocycles. The average Bonchev–Trinajstić information content (AvgIpc) is 2.93. The predicted octanol–water partition coefficient (Wildman–Crippen LogP) is 2.32. The van der Waals surface area contributed by atoms with Gasteiger partial charge in [-0.2, -0.15) is 0 Å². The van der Waals surface area contributed by atoms with E-state index >= 15 is 0 Å². The fourth-order valence-corrected chi connectivity index (χ4v) is 5.63. The van der Waals surface area contributed by atoms with E-state index in [2.05, 4.69) is 34.9 Å². The number of hydrogen-bond acceptors (Lipinski definition) is 8. The highest BCUT2D eigenvalue weighted by Gasteiger charge is 2.44. The Balaban J connectivity index is 1.53. The molecule has 42 heavy (non-hydrogen) atoms. The molecule has 232 valence electrons. The third-order valence-corrected chi connectivity index (χ3v) is 8.51. The highest BCUT2D eigenvalue weighted by Crippen LogP contribution is 2.36. The van der Waals surface area contributed by atoms with Gasteiger partial charge in [-0.1, -0.05) is 42.5 Å². The van der Waals surface area contributed by atoms with Crippen molar-refractivity contribution in [2.75, 3.05) is 33.4 Å². The van der Waals surface area contributed by atoms with Crippen LogP contribution in [0.2, 0.25) is 0 Å². The minimum Gasteiger partial charge on any atom is -0.387 e. The molecule has 0 aliphatic carbocycles. The molecule has 0 bridgehead atoms. The molecule has 1 heterocycles. The summed E-state index contributed by atoms with van der Waals surface area (Å²) < 4.78 is 5.95. The first-order chi connectivity index (χ1) is 19.8. The zero-order chi connectivity index (χ0) is 31.0. The smallest absolute Gasteiger partial charge is 0.245 e. The van der Waals surface area contributed by atoms with Crippen LogP contribution in [0.25, 0.3) is 0 Å². The molecule has 5 N–H and O–H groups in total. The van der Waals surface area contributed by atoms with E-state index in [0.717, 1.165) is 40.8 Å². The second-order valence-electron chi connectivity index (χ2n) is 11.9. The second kappa shape index (κ2) is 15.3. The van der Waals surface area contributed by atoms with Gasteiger partial charge in [0.05, 0.1) is 0 Å². The molecule has 0 radical (unpaired) electrons. The third kappa shape index (κ3) is 9.26. The summed E-state index contributed by atoms with van der Waals surface area (Å²) in [7, 11) is 3.88. The molecule has 2 aromatic carbocycles. The van der Waals surface area contributed by atoms with Crippen LogP contribution < -0.4 is 10.6 Å². The van der Waals surface area contributed by atoms with Crippen LogP contribution in [0.4, 0.5) is 0 Å². The lowest BCUT2D eigenvalue weighted by atomic mass is 9.91. The van der Waals surface area contributed by atoms with E-state index < -0.39 is 35.4 Å². The molecule has 2 aromatic rings. The predicted molar refractivity (Wildman–Crippen MR) is 166 cm³/mol. The van der Waals surface area contributed by atoms with Crippen molar-refractivity contribution >= 4 is 23.6 Å². The Kier molecular flexibility index (Phi) is 12.4. The average molecular weight is 602 g/mol. The van der Waals surface area contributed by atoms with Gasteiger partial charge in [0, 0.05) is 19.5 Å². The number of amides is 2. The van der Waals surface area contributed by atoms with Crippen molar-refractivity contribution in [3.05, 3.63) is 70.3 Å². The molecule has 1 aliphatic heterocycles. The Bertz CT molecular complexity index is 1190. The molecule has 0 spiro atoms. The summed E-state index contributed by atoms with van der Waals surface area (Å²) in [5.74, 6) is -0.343. The summed E-state index contributed by atoms with van der Waals surface area (Å²) in [5, 5.41) is 36.8. The number of rotatable bonds is 13. The molecular weight excluding hydrogens is 554 g/mol. The number of aryl methyl sites for hydroxylation is 2. The topological polar surface area (TPSA) is 131 Å². The molecule has 1 unspecified atom stereocenters. The van der Waals surface area contributed by atoms with Crippen molar-refractivity contribution in [2.45, 2.75) is 81.8 Å². The van der Waals surface area contributed by atoms with E-state index in [1.54, 1.807) is 20.1 Å². The first-order valence-electron chi connectivity index (χ1n) is 14.5. The Morgan fingerprint density at radius 3 is 2.31 bits per heavy atom. The van der Waals surface area contributed by atoms with Gasteiger partial charge in [0.15, 0.2) is 0 Å². The monoisotopic (exact) mass is 601 g/mol. The molecule has 10 heteroatoms. The lowest BCUT2D eigenvalue weighted by Crippen LogP contribution is -2.55. The zero-order valence-electron chi connectivity index (χ0n) is 25.6. The van der Waals surface area contributed by atoms with Crippen LogP contribution in [0.1, 0.15) is 60.6 Å². The zero-order valence-corrected chi connectivity index (χ0v) is 26.4. The molecule has 9 nitrogen and oxygen atoms in total. The number of aliphatic hydroxyl groups excluding tert-OH is 3. The lowest BCUT2D eigenvalue weighted by Gasteiger charge is -2.40. The number of nitrogens with zero attached hydrogens (tertiary/aromatic N) is 1. The first kappa shape index (κ1) is 34.0. The fourth-order valence-electron chi connectivity index (χ4n) is 4.96. The van der Waals surface area contributed by atoms with Gasteiger partial charge in [-0.15, -0.1) is 11.8 Å². The lowest BCUT2D eigenvalue weighted by molar-refractivity contribution is -0.200. The molecule has 0 saturated carbocycles. The van der Waals surface area contributed by atoms with Crippen LogP contribution in [0.15, 0.2) is 42.5 Å². The summed E-state index contributed by atoms with van der Waals surface area (Å²) >= 11 is 1.30. The quantitative estimate of drug-likeness (QED) is 0.237. The van der Waals surface area contributed by atoms with E-state index in [1.165, 1.54) is 11.8 Å². The van der Waals surface area contributed by atoms with Crippen molar-refractivity contribution in [2.24, 2.45) is 0 Å². The molecule has 1 aliphatic rings. The normalized spacial score (nSPS) is 22.7. The number of hydrogen-bond donors (Lipinski definition) is 5. The summed E-state index contributed by atoms with van der Waals surface area (Å²) in [4.78, 5) is 26.9. The molecule has 1 fully saturated rings. The number of ether oxygens (including phenoxy) is 1. The summed E-state index contributed by atoms with van der Waals surface area (Å²) in [6.45, 7) is 6.72. The Morgan fingerprint density at radius 1 is 1.00 bits per heavy atom. The third-order valence-electron chi connectivity index (χ3n) is 7.65. The van der Waals surface area contributed by atoms with Gasteiger partial charge in [-0.25, -0.2) is 0 Å². The number of carbonyl (C=O) groups excluding carboxylic acids is 2. The molecule has 5 atom stereocenters. The summed E-state index contributed by atoms with van der Waals surface area (Å²) in [6.07, 6.45) is -0.155. The highest BCUT2D eigenvalue weighted by molar-refractivity contribution is 7.99. The standard InChI is InChI=1S/C32H47N3O6S/c1-20-10-15-23(29-27(38)26(37)28(39)30(41-29)42-6)19-24(20)18-22-13-11-21(12-14-22)8-7-9-25(36)34-32(2,3)31(40)33-16-17-35(4)5/h10-15,19,26-30,37-39H,7-9,16-18H2,1-6H3,(H,33,40)(H,34,36)/t26-,27-,28?,29+,30-/m1/s1. The number of thioether (sulfide) groups is 1. The molecule has 2 amide bonds. The van der Waals surface area contributed by atoms with Crippen molar-refractivity contribution < 1.29 is 29.6 Å². The van der Waals surface area contributed by atoms with Gasteiger partial charge in [0.25, 0.3) is 0 Å². The van der Waals surface area contributed by atoms with E-state index in [-0.39, 0.29) is 11.8 Å². The van der Waals surface area contributed by atoms with Crippen LogP contribution in [0.3, 0.4) is 0 Å². The first-order valence-corrected chi connectivity index (χ1v) is 15.7. The van der Waals surface area contributed by atoms with Crippen molar-refractivity contribution in [1.29, 1.82) is 0 Å². The largest absolute Gasteiger partial charge is 0.387 e. The summed E-state index contributed by atoms with van der Waals surface area (Å²) in [5.41, 5.74) is 3.61. The van der Waals surface area contributed by atoms with Crippen molar-refractivity contribution in [3.63, 3.8) is 0 Å². The van der Waals surface area contributed by atoms with Crippen LogP contribution in [0.5, 0.6) is 0 Å². The Labute approximate surface area is 254 Å². The maximum absolute atomic E-state index is 12.5. The number of nitrogens with one attached hydrogen (secondary N) is 2. The van der Waals surface area contributed by atoms with Gasteiger partial charge >= 0.3 is 0 Å². The van der Waals surface area contributed by atoms with Gasteiger partial charge in [-0.05, 0) is 88.2 Å². The summed E-state index contributed by atoms with van der Waals surface area (Å²) in [6, 6.07) is 14.2. The van der Waals surface area contributed by atoms with E-state index in [0.29, 0.717) is 25.8 Å². The van der Waals surface area contributed by atoms with Crippen LogP contribution >= 0.6 is 11.8 Å². The number of likely N-dealkylation sites (N-methyl/N-ethyl adjacent to an activating group) is 1. The van der Waals surface area contributed by atoms with Crippen LogP contribution in [-0.4, -0.2) is 94.8 Å². The maximum Gasteiger partial charge on any atom is 0.245 e. The molecule has 0 aromatic heterocycles. The van der Waals surface area contributed by atoms with E-state index in [4.69, 9.17) is 4.74 Å². The fraction of sp³-hybridized carbons (Fsp3) is 0.562. The van der Waals surface area contributed by atoms with Gasteiger partial charge < -0.3 is 35.6 Å². The van der Waals surface area contributed by atoms with Crippen LogP contribution in [-0.2, 0) is 27.2 Å². The Hall–Kier alpha value is -2.47. The molecular formula is C32H47N3O6S. The van der Waals surface area contributed by atoms with Gasteiger partial charge in [-0.3, -0.25) is 9.59 Å². The van der Waals surface area contributed by atoms with Gasteiger partial charge in [0.1, 0.15) is 35.4 Å². The van der Waals surface area contributed by atoms with Gasteiger partial charge in [0.2, 0.25) is 11.8 Å². The highest BCUT2D eigenvalue weighted by atomic mass is 32.2.